The molecule has 0 atom stereocenters. The number of pyridine rings is 1. The van der Waals surface area contributed by atoms with Crippen LogP contribution >= 0.6 is 0 Å². The van der Waals surface area contributed by atoms with Gasteiger partial charge >= 0.3 is 0 Å². The molecule has 0 radical (unpaired) electrons. The Balaban J connectivity index is 1.59. The van der Waals surface area contributed by atoms with Crippen molar-refractivity contribution in [1.82, 2.24) is 29.4 Å². The number of nitrogens with zero attached hydrogens (tertiary/aromatic N) is 7. The van der Waals surface area contributed by atoms with Crippen molar-refractivity contribution in [3.8, 4) is 34.7 Å². The molecule has 0 amide bonds. The number of fused-ring (bicyclic) bond motifs is 1. The van der Waals surface area contributed by atoms with Crippen molar-refractivity contribution in [2.75, 3.05) is 0 Å². The minimum absolute atomic E-state index is 0.0115. The van der Waals surface area contributed by atoms with Crippen molar-refractivity contribution < 1.29 is 0 Å². The normalized spacial score (nSPS) is 20.9. The maximum atomic E-state index is 9.29. The second-order valence-electron chi connectivity index (χ2n) is 7.69. The number of aromatic nitrogens is 6. The van der Waals surface area contributed by atoms with Crippen LogP contribution in [0.4, 0.5) is 0 Å². The monoisotopic (exact) mass is 382 g/mol. The van der Waals surface area contributed by atoms with Gasteiger partial charge in [0.2, 0.25) is 0 Å². The zero-order chi connectivity index (χ0) is 20.0. The summed E-state index contributed by atoms with van der Waals surface area (Å²) in [5.74, 6) is -0.0115. The van der Waals surface area contributed by atoms with Gasteiger partial charge in [0.25, 0.3) is 0 Å². The Hall–Kier alpha value is -3.91. The van der Waals surface area contributed by atoms with E-state index in [1.165, 1.54) is 0 Å². The van der Waals surface area contributed by atoms with E-state index in [0.717, 1.165) is 33.9 Å². The molecule has 8 heteroatoms. The van der Waals surface area contributed by atoms with Crippen molar-refractivity contribution >= 4 is 5.65 Å². The average Bonchev–Trinajstić information content (AvgIpc) is 3.43. The summed E-state index contributed by atoms with van der Waals surface area (Å²) >= 11 is 0. The van der Waals surface area contributed by atoms with Crippen LogP contribution in [0.15, 0.2) is 43.0 Å². The van der Waals surface area contributed by atoms with Crippen LogP contribution < -0.4 is 0 Å². The standard InChI is InChI=1S/C21H18N8/c1-14-6-18(27-26-14)16-7-19(28-5-4-24-20(28)8-16)17-12-25-29(13-17)21(2-3-22)9-15(10-21)11-23/h4-8,12-13,15H,2,9-10H2,1H3,(H,26,27)/t15-,21+. The predicted molar refractivity (Wildman–Crippen MR) is 105 cm³/mol. The average molecular weight is 382 g/mol. The number of rotatable bonds is 4. The summed E-state index contributed by atoms with van der Waals surface area (Å²) in [4.78, 5) is 4.45. The highest BCUT2D eigenvalue weighted by Gasteiger charge is 2.46. The summed E-state index contributed by atoms with van der Waals surface area (Å²) in [5, 5.41) is 30.4. The van der Waals surface area contributed by atoms with E-state index in [2.05, 4.69) is 38.5 Å². The molecule has 0 spiro atoms. The first-order valence-corrected chi connectivity index (χ1v) is 9.43. The molecule has 0 saturated heterocycles. The van der Waals surface area contributed by atoms with E-state index in [1.54, 1.807) is 6.20 Å². The van der Waals surface area contributed by atoms with Crippen LogP contribution in [0.1, 0.15) is 25.0 Å². The number of hydrogen-bond acceptors (Lipinski definition) is 5. The number of nitrogens with one attached hydrogen (secondary N) is 1. The van der Waals surface area contributed by atoms with E-state index in [4.69, 9.17) is 0 Å². The highest BCUT2D eigenvalue weighted by molar-refractivity contribution is 5.73. The van der Waals surface area contributed by atoms with E-state index >= 15 is 0 Å². The summed E-state index contributed by atoms with van der Waals surface area (Å²) in [6.45, 7) is 1.97. The lowest BCUT2D eigenvalue weighted by Gasteiger charge is -2.43. The van der Waals surface area contributed by atoms with Gasteiger partial charge < -0.3 is 0 Å². The molecular weight excluding hydrogens is 364 g/mol. The molecular formula is C21H18N8. The van der Waals surface area contributed by atoms with E-state index in [9.17, 15) is 10.5 Å². The second kappa shape index (κ2) is 6.32. The third-order valence-electron chi connectivity index (χ3n) is 5.72. The molecule has 1 aliphatic rings. The first-order valence-electron chi connectivity index (χ1n) is 9.43. The fraction of sp³-hybridized carbons (Fsp3) is 0.286. The molecule has 1 aliphatic carbocycles. The lowest BCUT2D eigenvalue weighted by Crippen LogP contribution is -2.46. The molecule has 0 aromatic carbocycles. The number of hydrogen-bond donors (Lipinski definition) is 1. The van der Waals surface area contributed by atoms with E-state index in [-0.39, 0.29) is 5.92 Å². The molecule has 5 rings (SSSR count). The van der Waals surface area contributed by atoms with Gasteiger partial charge in [-0.3, -0.25) is 14.2 Å². The SMILES string of the molecule is Cc1cc(-c2cc(-c3cnn([C@]4(CC#N)C[C@H](C#N)C4)c3)n3ccnc3c2)n[nH]1. The third kappa shape index (κ3) is 2.69. The summed E-state index contributed by atoms with van der Waals surface area (Å²) in [6, 6.07) is 10.6. The number of aryl methyl sites for hydroxylation is 1. The van der Waals surface area contributed by atoms with Crippen molar-refractivity contribution in [2.24, 2.45) is 5.92 Å². The minimum Gasteiger partial charge on any atom is -0.300 e. The van der Waals surface area contributed by atoms with Gasteiger partial charge in [0.15, 0.2) is 0 Å². The fourth-order valence-electron chi connectivity index (χ4n) is 4.18. The molecule has 8 nitrogen and oxygen atoms in total. The molecule has 4 heterocycles. The maximum Gasteiger partial charge on any atom is 0.137 e. The van der Waals surface area contributed by atoms with Crippen LogP contribution in [-0.4, -0.2) is 29.4 Å². The van der Waals surface area contributed by atoms with Gasteiger partial charge in [0.05, 0.1) is 47.6 Å². The van der Waals surface area contributed by atoms with Crippen LogP contribution in [0.2, 0.25) is 0 Å². The lowest BCUT2D eigenvalue weighted by atomic mass is 9.67. The van der Waals surface area contributed by atoms with Gasteiger partial charge in [0.1, 0.15) is 5.65 Å². The summed E-state index contributed by atoms with van der Waals surface area (Å²) < 4.78 is 3.88. The Kier molecular flexibility index (Phi) is 3.75. The lowest BCUT2D eigenvalue weighted by molar-refractivity contribution is 0.0882. The van der Waals surface area contributed by atoms with Crippen LogP contribution in [0, 0.1) is 35.5 Å². The maximum absolute atomic E-state index is 9.29. The van der Waals surface area contributed by atoms with E-state index < -0.39 is 5.54 Å². The number of nitriles is 2. The molecule has 1 N–H and O–H groups in total. The molecule has 142 valence electrons. The smallest absolute Gasteiger partial charge is 0.137 e. The van der Waals surface area contributed by atoms with E-state index in [1.807, 2.05) is 46.7 Å². The Morgan fingerprint density at radius 2 is 2.10 bits per heavy atom. The molecule has 4 aromatic heterocycles. The highest BCUT2D eigenvalue weighted by Crippen LogP contribution is 2.46. The van der Waals surface area contributed by atoms with E-state index in [0.29, 0.717) is 19.3 Å². The number of aromatic amines is 1. The van der Waals surface area contributed by atoms with Gasteiger partial charge in [-0.25, -0.2) is 4.98 Å². The van der Waals surface area contributed by atoms with Crippen molar-refractivity contribution in [2.45, 2.75) is 31.7 Å². The van der Waals surface area contributed by atoms with Crippen LogP contribution in [0.25, 0.3) is 28.2 Å². The largest absolute Gasteiger partial charge is 0.300 e. The Morgan fingerprint density at radius 3 is 2.83 bits per heavy atom. The van der Waals surface area contributed by atoms with Crippen molar-refractivity contribution in [1.29, 1.82) is 10.5 Å². The van der Waals surface area contributed by atoms with Gasteiger partial charge in [-0.15, -0.1) is 0 Å². The van der Waals surface area contributed by atoms with Crippen LogP contribution in [-0.2, 0) is 5.54 Å². The van der Waals surface area contributed by atoms with Crippen molar-refractivity contribution in [3.63, 3.8) is 0 Å². The summed E-state index contributed by atoms with van der Waals surface area (Å²) in [5.41, 5.74) is 5.14. The quantitative estimate of drug-likeness (QED) is 0.581. The molecule has 29 heavy (non-hydrogen) atoms. The fourth-order valence-corrected chi connectivity index (χ4v) is 4.18. The Morgan fingerprint density at radius 1 is 1.24 bits per heavy atom. The van der Waals surface area contributed by atoms with Gasteiger partial charge in [-0.1, -0.05) is 0 Å². The first kappa shape index (κ1) is 17.2. The Bertz CT molecular complexity index is 1290. The summed E-state index contributed by atoms with van der Waals surface area (Å²) in [6.07, 6.45) is 9.13. The van der Waals surface area contributed by atoms with Crippen molar-refractivity contribution in [3.05, 3.63) is 48.7 Å². The molecule has 0 unspecified atom stereocenters. The van der Waals surface area contributed by atoms with Gasteiger partial charge in [0, 0.05) is 35.4 Å². The number of imidazole rings is 1. The highest BCUT2D eigenvalue weighted by atomic mass is 15.3. The van der Waals surface area contributed by atoms with Gasteiger partial charge in [-0.05, 0) is 38.0 Å². The summed E-state index contributed by atoms with van der Waals surface area (Å²) in [7, 11) is 0. The predicted octanol–water partition coefficient (Wildman–Crippen LogP) is 3.44. The molecule has 1 fully saturated rings. The Labute approximate surface area is 167 Å². The zero-order valence-corrected chi connectivity index (χ0v) is 15.9. The molecule has 1 saturated carbocycles. The van der Waals surface area contributed by atoms with Crippen LogP contribution in [0.5, 0.6) is 0 Å². The third-order valence-corrected chi connectivity index (χ3v) is 5.72. The number of H-pyrrole nitrogens is 1. The first-order chi connectivity index (χ1) is 14.1. The topological polar surface area (TPSA) is 111 Å². The van der Waals surface area contributed by atoms with Crippen LogP contribution in [0.3, 0.4) is 0 Å². The van der Waals surface area contributed by atoms with Gasteiger partial charge in [-0.2, -0.15) is 20.7 Å². The second-order valence-corrected chi connectivity index (χ2v) is 7.69. The zero-order valence-electron chi connectivity index (χ0n) is 15.9. The molecule has 4 aromatic rings. The minimum atomic E-state index is -0.391. The molecule has 0 bridgehead atoms. The molecule has 0 aliphatic heterocycles.